The molecule has 1 heterocycles. The van der Waals surface area contributed by atoms with Crippen LogP contribution in [0.3, 0.4) is 0 Å². The molecule has 0 atom stereocenters. The first-order valence-electron chi connectivity index (χ1n) is 6.95. The molecule has 0 radical (unpaired) electrons. The van der Waals surface area contributed by atoms with E-state index >= 15 is 0 Å². The van der Waals surface area contributed by atoms with E-state index in [-0.39, 0.29) is 6.61 Å². The van der Waals surface area contributed by atoms with E-state index in [1.54, 1.807) is 6.92 Å². The maximum Gasteiger partial charge on any atom is 0.341 e. The van der Waals surface area contributed by atoms with Crippen LogP contribution in [0.15, 0.2) is 12.2 Å². The molecular weight excluding hydrogens is 306 g/mol. The molecule has 22 heavy (non-hydrogen) atoms. The molecule has 118 valence electrons. The van der Waals surface area contributed by atoms with Gasteiger partial charge in [-0.3, -0.25) is 4.79 Å². The molecule has 7 heteroatoms. The second kappa shape index (κ2) is 7.22. The standard InChI is InChI=1S/C15H17NO5S/c1-3-21-12(18)8-7-11(17)16-14-13(15(19)20-2)9-5-4-6-10(9)22-14/h7-8H,3-6H2,1-2H3,(H,16,17)/b8-7+. The fraction of sp³-hybridized carbons (Fsp3) is 0.400. The Hall–Kier alpha value is -2.15. The van der Waals surface area contributed by atoms with Crippen LogP contribution in [0.1, 0.15) is 34.1 Å². The third-order valence-corrected chi connectivity index (χ3v) is 4.41. The van der Waals surface area contributed by atoms with Gasteiger partial charge >= 0.3 is 11.9 Å². The molecule has 0 saturated heterocycles. The number of esters is 2. The van der Waals surface area contributed by atoms with Crippen LogP contribution in [-0.2, 0) is 31.9 Å². The van der Waals surface area contributed by atoms with Gasteiger partial charge in [0, 0.05) is 17.0 Å². The van der Waals surface area contributed by atoms with Gasteiger partial charge in [0.05, 0.1) is 19.3 Å². The molecule has 0 saturated carbocycles. The lowest BCUT2D eigenvalue weighted by molar-refractivity contribution is -0.137. The van der Waals surface area contributed by atoms with Crippen molar-refractivity contribution >= 4 is 34.2 Å². The second-order valence-electron chi connectivity index (χ2n) is 4.63. The Labute approximate surface area is 132 Å². The number of hydrogen-bond acceptors (Lipinski definition) is 6. The maximum absolute atomic E-state index is 11.9. The van der Waals surface area contributed by atoms with Crippen LogP contribution in [0, 0.1) is 0 Å². The number of nitrogens with one attached hydrogen (secondary N) is 1. The number of anilines is 1. The largest absolute Gasteiger partial charge is 0.465 e. The Bertz CT molecular complexity index is 632. The first kappa shape index (κ1) is 16.2. The van der Waals surface area contributed by atoms with Gasteiger partial charge in [-0.1, -0.05) is 0 Å². The summed E-state index contributed by atoms with van der Waals surface area (Å²) in [5, 5.41) is 3.10. The van der Waals surface area contributed by atoms with Crippen LogP contribution in [0.25, 0.3) is 0 Å². The summed E-state index contributed by atoms with van der Waals surface area (Å²) in [6, 6.07) is 0. The lowest BCUT2D eigenvalue weighted by Crippen LogP contribution is -2.12. The van der Waals surface area contributed by atoms with E-state index in [0.29, 0.717) is 10.6 Å². The van der Waals surface area contributed by atoms with Gasteiger partial charge in [0.2, 0.25) is 5.91 Å². The summed E-state index contributed by atoms with van der Waals surface area (Å²) in [6.45, 7) is 1.93. The van der Waals surface area contributed by atoms with Gasteiger partial charge in [-0.25, -0.2) is 9.59 Å². The molecule has 0 unspecified atom stereocenters. The van der Waals surface area contributed by atoms with E-state index < -0.39 is 17.8 Å². The van der Waals surface area contributed by atoms with Crippen molar-refractivity contribution in [3.8, 4) is 0 Å². The van der Waals surface area contributed by atoms with Crippen molar-refractivity contribution in [3.63, 3.8) is 0 Å². The molecule has 1 N–H and O–H groups in total. The fourth-order valence-electron chi connectivity index (χ4n) is 2.30. The molecule has 1 aliphatic rings. The highest BCUT2D eigenvalue weighted by atomic mass is 32.1. The van der Waals surface area contributed by atoms with Gasteiger partial charge < -0.3 is 14.8 Å². The summed E-state index contributed by atoms with van der Waals surface area (Å²) < 4.78 is 9.49. The summed E-state index contributed by atoms with van der Waals surface area (Å²) in [5.74, 6) is -1.53. The van der Waals surface area contributed by atoms with Crippen molar-refractivity contribution in [1.29, 1.82) is 0 Å². The molecule has 0 aromatic carbocycles. The molecule has 1 aliphatic carbocycles. The zero-order valence-corrected chi connectivity index (χ0v) is 13.2. The van der Waals surface area contributed by atoms with Crippen LogP contribution in [0.2, 0.25) is 0 Å². The first-order chi connectivity index (χ1) is 10.6. The highest BCUT2D eigenvalue weighted by molar-refractivity contribution is 7.17. The number of carbonyl (C=O) groups excluding carboxylic acids is 3. The molecule has 6 nitrogen and oxygen atoms in total. The molecule has 0 aliphatic heterocycles. The SMILES string of the molecule is CCOC(=O)/C=C/C(=O)Nc1sc2c(c1C(=O)OC)CCC2. The van der Waals surface area contributed by atoms with E-state index in [2.05, 4.69) is 5.32 Å². The van der Waals surface area contributed by atoms with Gasteiger partial charge in [0.25, 0.3) is 0 Å². The van der Waals surface area contributed by atoms with Crippen LogP contribution in [0.5, 0.6) is 0 Å². The second-order valence-corrected chi connectivity index (χ2v) is 5.73. The number of methoxy groups -OCH3 is 1. The predicted molar refractivity (Wildman–Crippen MR) is 82.1 cm³/mol. The Morgan fingerprint density at radius 3 is 2.73 bits per heavy atom. The van der Waals surface area contributed by atoms with Crippen LogP contribution >= 0.6 is 11.3 Å². The average Bonchev–Trinajstić information content (AvgIpc) is 3.05. The number of amides is 1. The number of ether oxygens (including phenoxy) is 2. The third-order valence-electron chi connectivity index (χ3n) is 3.20. The minimum absolute atomic E-state index is 0.245. The first-order valence-corrected chi connectivity index (χ1v) is 7.77. The van der Waals surface area contributed by atoms with Crippen molar-refractivity contribution < 1.29 is 23.9 Å². The molecule has 1 aromatic heterocycles. The van der Waals surface area contributed by atoms with E-state index in [4.69, 9.17) is 9.47 Å². The Morgan fingerprint density at radius 1 is 1.27 bits per heavy atom. The van der Waals surface area contributed by atoms with Gasteiger partial charge in [-0.05, 0) is 31.7 Å². The zero-order valence-electron chi connectivity index (χ0n) is 12.4. The molecule has 0 bridgehead atoms. The smallest absolute Gasteiger partial charge is 0.341 e. The van der Waals surface area contributed by atoms with Crippen molar-refractivity contribution in [2.24, 2.45) is 0 Å². The number of aryl methyl sites for hydroxylation is 1. The van der Waals surface area contributed by atoms with Crippen molar-refractivity contribution in [1.82, 2.24) is 0 Å². The zero-order chi connectivity index (χ0) is 16.1. The Kier molecular flexibility index (Phi) is 5.32. The van der Waals surface area contributed by atoms with Crippen molar-refractivity contribution in [2.75, 3.05) is 19.0 Å². The quantitative estimate of drug-likeness (QED) is 0.663. The van der Waals surface area contributed by atoms with Gasteiger partial charge in [-0.2, -0.15) is 0 Å². The number of carbonyl (C=O) groups is 3. The summed E-state index contributed by atoms with van der Waals surface area (Å²) in [7, 11) is 1.31. The van der Waals surface area contributed by atoms with Gasteiger partial charge in [0.1, 0.15) is 5.00 Å². The minimum Gasteiger partial charge on any atom is -0.465 e. The lowest BCUT2D eigenvalue weighted by atomic mass is 10.1. The average molecular weight is 323 g/mol. The number of thiophene rings is 1. The molecular formula is C15H17NO5S. The van der Waals surface area contributed by atoms with Gasteiger partial charge in [0.15, 0.2) is 0 Å². The molecule has 0 spiro atoms. The van der Waals surface area contributed by atoms with E-state index in [1.165, 1.54) is 18.4 Å². The monoisotopic (exact) mass is 323 g/mol. The minimum atomic E-state index is -0.584. The fourth-order valence-corrected chi connectivity index (χ4v) is 3.58. The normalized spacial score (nSPS) is 13.0. The van der Waals surface area contributed by atoms with Crippen molar-refractivity contribution in [2.45, 2.75) is 26.2 Å². The van der Waals surface area contributed by atoms with E-state index in [9.17, 15) is 14.4 Å². The van der Waals surface area contributed by atoms with Gasteiger partial charge in [-0.15, -0.1) is 11.3 Å². The van der Waals surface area contributed by atoms with Crippen LogP contribution in [-0.4, -0.2) is 31.6 Å². The Morgan fingerprint density at radius 2 is 2.05 bits per heavy atom. The summed E-state index contributed by atoms with van der Waals surface area (Å²) >= 11 is 1.38. The number of fused-ring (bicyclic) bond motifs is 1. The highest BCUT2D eigenvalue weighted by Crippen LogP contribution is 2.39. The predicted octanol–water partition coefficient (Wildman–Crippen LogP) is 2.08. The number of rotatable bonds is 5. The summed E-state index contributed by atoms with van der Waals surface area (Å²) in [6.07, 6.45) is 4.85. The van der Waals surface area contributed by atoms with Crippen molar-refractivity contribution in [3.05, 3.63) is 28.2 Å². The third kappa shape index (κ3) is 3.54. The molecule has 1 aromatic rings. The van der Waals surface area contributed by atoms with Crippen LogP contribution < -0.4 is 5.32 Å². The van der Waals surface area contributed by atoms with Crippen LogP contribution in [0.4, 0.5) is 5.00 Å². The summed E-state index contributed by atoms with van der Waals surface area (Å²) in [5.41, 5.74) is 1.39. The van der Waals surface area contributed by atoms with E-state index in [0.717, 1.165) is 41.9 Å². The Balaban J connectivity index is 2.14. The maximum atomic E-state index is 11.9. The number of hydrogen-bond donors (Lipinski definition) is 1. The molecule has 1 amide bonds. The topological polar surface area (TPSA) is 81.7 Å². The molecule has 2 rings (SSSR count). The lowest BCUT2D eigenvalue weighted by Gasteiger charge is -2.05. The summed E-state index contributed by atoms with van der Waals surface area (Å²) in [4.78, 5) is 36.1. The molecule has 0 fully saturated rings. The van der Waals surface area contributed by atoms with E-state index in [1.807, 2.05) is 0 Å². The highest BCUT2D eigenvalue weighted by Gasteiger charge is 2.27.